The number of carbonyl (C=O) groups excluding carboxylic acids is 1. The minimum absolute atomic E-state index is 0.240. The maximum Gasteiger partial charge on any atom is 0.324 e. The number of nitrogens with one attached hydrogen (secondary N) is 2. The second kappa shape index (κ2) is 4.78. The summed E-state index contributed by atoms with van der Waals surface area (Å²) in [7, 11) is 0. The number of piperidine rings is 1. The van der Waals surface area contributed by atoms with Crippen LogP contribution in [0.5, 0.6) is 5.75 Å². The van der Waals surface area contributed by atoms with Gasteiger partial charge in [-0.05, 0) is 12.1 Å². The average molecular weight is 334 g/mol. The van der Waals surface area contributed by atoms with E-state index in [9.17, 15) is 9.18 Å². The van der Waals surface area contributed by atoms with Crippen molar-refractivity contribution in [2.45, 2.75) is 24.7 Å². The largest absolute Gasteiger partial charge is 0.493 e. The molecule has 3 aliphatic rings. The fourth-order valence-corrected chi connectivity index (χ4v) is 4.71. The van der Waals surface area contributed by atoms with Crippen LogP contribution in [-0.2, 0) is 6.42 Å². The number of anilines is 1. The summed E-state index contributed by atoms with van der Waals surface area (Å²) in [5, 5.41) is 6.44. The van der Waals surface area contributed by atoms with Crippen molar-refractivity contribution in [3.63, 3.8) is 0 Å². The molecule has 2 saturated heterocycles. The first-order valence-electron chi connectivity index (χ1n) is 7.72. The predicted octanol–water partition coefficient (Wildman–Crippen LogP) is 1.44. The molecule has 2 aromatic rings. The number of fused-ring (bicyclic) bond motifs is 4. The van der Waals surface area contributed by atoms with Crippen molar-refractivity contribution in [2.75, 3.05) is 24.6 Å². The Morgan fingerprint density at radius 3 is 3.22 bits per heavy atom. The van der Waals surface area contributed by atoms with E-state index in [0.717, 1.165) is 28.0 Å². The number of alkyl halides is 1. The Labute approximate surface area is 135 Å². The van der Waals surface area contributed by atoms with Gasteiger partial charge in [-0.1, -0.05) is 11.3 Å². The summed E-state index contributed by atoms with van der Waals surface area (Å²) >= 11 is 1.47. The van der Waals surface area contributed by atoms with Crippen molar-refractivity contribution in [3.05, 3.63) is 17.7 Å². The Kier molecular flexibility index (Phi) is 2.81. The molecule has 0 aliphatic carbocycles. The second-order valence-corrected chi connectivity index (χ2v) is 7.08. The minimum Gasteiger partial charge on any atom is -0.493 e. The van der Waals surface area contributed by atoms with Gasteiger partial charge in [0.2, 0.25) is 0 Å². The molecule has 6 nitrogen and oxygen atoms in total. The summed E-state index contributed by atoms with van der Waals surface area (Å²) in [5.74, 6) is 0.876. The molecule has 1 aromatic heterocycles. The number of amides is 2. The van der Waals surface area contributed by atoms with E-state index in [0.29, 0.717) is 18.3 Å². The second-order valence-electron chi connectivity index (χ2n) is 6.07. The number of urea groups is 1. The van der Waals surface area contributed by atoms with Gasteiger partial charge in [0.1, 0.15) is 11.9 Å². The molecular weight excluding hydrogens is 319 g/mol. The summed E-state index contributed by atoms with van der Waals surface area (Å²) in [5.41, 5.74) is 2.00. The molecule has 2 fully saturated rings. The number of aromatic nitrogens is 1. The molecule has 3 aliphatic heterocycles. The number of benzene rings is 1. The van der Waals surface area contributed by atoms with Crippen molar-refractivity contribution in [1.82, 2.24) is 15.6 Å². The molecule has 0 radical (unpaired) electrons. The molecule has 0 unspecified atom stereocenters. The SMILES string of the molecule is O=C1N[C@H]2[C@H](F)CNC[C@H]2N1c1nc2c3c(ccc2s1)OCC3. The van der Waals surface area contributed by atoms with Crippen molar-refractivity contribution < 1.29 is 13.9 Å². The van der Waals surface area contributed by atoms with Gasteiger partial charge in [-0.15, -0.1) is 0 Å². The van der Waals surface area contributed by atoms with Gasteiger partial charge in [0.05, 0.1) is 28.9 Å². The van der Waals surface area contributed by atoms with E-state index in [1.54, 1.807) is 4.90 Å². The standard InChI is InChI=1S/C15H15FN4O2S/c16-8-5-17-6-9-13(8)18-14(21)20(9)15-19-12-7-3-4-22-10(7)1-2-11(12)23-15/h1-2,8-9,13,17H,3-6H2,(H,18,21)/t8-,9-,13+/m1/s1. The molecule has 2 amide bonds. The fourth-order valence-electron chi connectivity index (χ4n) is 3.66. The number of halogens is 1. The quantitative estimate of drug-likeness (QED) is 0.828. The van der Waals surface area contributed by atoms with Gasteiger partial charge in [-0.2, -0.15) is 0 Å². The number of thiazole rings is 1. The Morgan fingerprint density at radius 1 is 1.39 bits per heavy atom. The highest BCUT2D eigenvalue weighted by Crippen LogP contribution is 2.39. The average Bonchev–Trinajstić information content (AvgIpc) is 3.21. The molecule has 2 N–H and O–H groups in total. The Bertz CT molecular complexity index is 810. The lowest BCUT2D eigenvalue weighted by atomic mass is 10.0. The van der Waals surface area contributed by atoms with E-state index >= 15 is 0 Å². The third kappa shape index (κ3) is 1.88. The fraction of sp³-hybridized carbons (Fsp3) is 0.467. The minimum atomic E-state index is -1.07. The third-order valence-corrected chi connectivity index (χ3v) is 5.78. The zero-order valence-electron chi connectivity index (χ0n) is 12.2. The summed E-state index contributed by atoms with van der Waals surface area (Å²) in [6, 6.07) is 2.96. The molecule has 23 heavy (non-hydrogen) atoms. The molecule has 0 saturated carbocycles. The predicted molar refractivity (Wildman–Crippen MR) is 85.2 cm³/mol. The van der Waals surface area contributed by atoms with E-state index < -0.39 is 12.2 Å². The molecule has 8 heteroatoms. The highest BCUT2D eigenvalue weighted by molar-refractivity contribution is 7.22. The number of nitrogens with zero attached hydrogens (tertiary/aromatic N) is 2. The molecule has 1 aromatic carbocycles. The monoisotopic (exact) mass is 334 g/mol. The van der Waals surface area contributed by atoms with Crippen molar-refractivity contribution >= 4 is 32.7 Å². The molecule has 3 atom stereocenters. The van der Waals surface area contributed by atoms with E-state index in [1.807, 2.05) is 12.1 Å². The van der Waals surface area contributed by atoms with E-state index in [-0.39, 0.29) is 18.6 Å². The van der Waals surface area contributed by atoms with Gasteiger partial charge in [0.25, 0.3) is 0 Å². The highest BCUT2D eigenvalue weighted by atomic mass is 32.1. The summed E-state index contributed by atoms with van der Waals surface area (Å²) in [6.45, 7) is 1.52. The first-order chi connectivity index (χ1) is 11.2. The Morgan fingerprint density at radius 2 is 2.30 bits per heavy atom. The van der Waals surface area contributed by atoms with E-state index in [2.05, 4.69) is 15.6 Å². The lowest BCUT2D eigenvalue weighted by molar-refractivity contribution is 0.209. The first kappa shape index (κ1) is 13.5. The number of hydrogen-bond donors (Lipinski definition) is 2. The Hall–Kier alpha value is -1.93. The highest BCUT2D eigenvalue weighted by Gasteiger charge is 2.47. The van der Waals surface area contributed by atoms with Crippen LogP contribution in [0.3, 0.4) is 0 Å². The zero-order valence-corrected chi connectivity index (χ0v) is 13.0. The van der Waals surface area contributed by atoms with Crippen LogP contribution in [0, 0.1) is 0 Å². The van der Waals surface area contributed by atoms with Gasteiger partial charge in [-0.3, -0.25) is 4.90 Å². The summed E-state index contributed by atoms with van der Waals surface area (Å²) in [4.78, 5) is 18.7. The van der Waals surface area contributed by atoms with Crippen LogP contribution >= 0.6 is 11.3 Å². The van der Waals surface area contributed by atoms with Crippen LogP contribution in [0.1, 0.15) is 5.56 Å². The molecule has 4 heterocycles. The van der Waals surface area contributed by atoms with Crippen LogP contribution in [-0.4, -0.2) is 49.0 Å². The zero-order chi connectivity index (χ0) is 15.6. The van der Waals surface area contributed by atoms with Gasteiger partial charge in [0, 0.05) is 25.1 Å². The van der Waals surface area contributed by atoms with E-state index in [4.69, 9.17) is 4.74 Å². The van der Waals surface area contributed by atoms with Crippen molar-refractivity contribution in [1.29, 1.82) is 0 Å². The lowest BCUT2D eigenvalue weighted by Gasteiger charge is -2.31. The smallest absolute Gasteiger partial charge is 0.324 e. The normalized spacial score (nSPS) is 29.3. The summed E-state index contributed by atoms with van der Waals surface area (Å²) in [6.07, 6.45) is -0.239. The number of ether oxygens (including phenoxy) is 1. The van der Waals surface area contributed by atoms with Gasteiger partial charge < -0.3 is 15.4 Å². The molecule has 0 spiro atoms. The van der Waals surface area contributed by atoms with Crippen LogP contribution in [0.2, 0.25) is 0 Å². The van der Waals surface area contributed by atoms with Crippen molar-refractivity contribution in [3.8, 4) is 5.75 Å². The molecule has 0 bridgehead atoms. The maximum absolute atomic E-state index is 14.0. The van der Waals surface area contributed by atoms with Gasteiger partial charge >= 0.3 is 6.03 Å². The molecule has 5 rings (SSSR count). The van der Waals surface area contributed by atoms with Gasteiger partial charge in [-0.25, -0.2) is 14.2 Å². The van der Waals surface area contributed by atoms with Crippen LogP contribution in [0.25, 0.3) is 10.2 Å². The molecular formula is C15H15FN4O2S. The summed E-state index contributed by atoms with van der Waals surface area (Å²) < 4.78 is 20.7. The molecule has 120 valence electrons. The van der Waals surface area contributed by atoms with Gasteiger partial charge in [0.15, 0.2) is 5.13 Å². The number of carbonyl (C=O) groups is 1. The first-order valence-corrected chi connectivity index (χ1v) is 8.54. The maximum atomic E-state index is 14.0. The third-order valence-electron chi connectivity index (χ3n) is 4.76. The Balaban J connectivity index is 1.59. The lowest BCUT2D eigenvalue weighted by Crippen LogP contribution is -2.56. The number of hydrogen-bond acceptors (Lipinski definition) is 5. The van der Waals surface area contributed by atoms with Crippen molar-refractivity contribution in [2.24, 2.45) is 0 Å². The van der Waals surface area contributed by atoms with Crippen LogP contribution < -0.4 is 20.3 Å². The topological polar surface area (TPSA) is 66.5 Å². The number of rotatable bonds is 1. The van der Waals surface area contributed by atoms with E-state index in [1.165, 1.54) is 11.3 Å². The van der Waals surface area contributed by atoms with Crippen LogP contribution in [0.4, 0.5) is 14.3 Å². The van der Waals surface area contributed by atoms with Crippen LogP contribution in [0.15, 0.2) is 12.1 Å².